The molecule has 0 aromatic heterocycles. The van der Waals surface area contributed by atoms with Gasteiger partial charge in [-0.25, -0.2) is 8.42 Å². The summed E-state index contributed by atoms with van der Waals surface area (Å²) in [6.45, 7) is 11.2. The van der Waals surface area contributed by atoms with Crippen LogP contribution in [0, 0.1) is 6.92 Å². The van der Waals surface area contributed by atoms with E-state index in [4.69, 9.17) is 0 Å². The van der Waals surface area contributed by atoms with Crippen molar-refractivity contribution in [2.45, 2.75) is 39.5 Å². The maximum Gasteiger partial charge on any atom is 0.124 e. The van der Waals surface area contributed by atoms with Gasteiger partial charge in [0.25, 0.3) is 0 Å². The molecule has 0 fully saturated rings. The molecule has 116 valence electrons. The predicted molar refractivity (Wildman–Crippen MR) is 88.2 cm³/mol. The molecule has 0 unspecified atom stereocenters. The third-order valence-corrected chi connectivity index (χ3v) is 10.2. The van der Waals surface area contributed by atoms with Crippen molar-refractivity contribution in [3.8, 4) is 0 Å². The lowest BCUT2D eigenvalue weighted by Crippen LogP contribution is -2.04. The second-order valence-electron chi connectivity index (χ2n) is 4.87. The van der Waals surface area contributed by atoms with Crippen LogP contribution in [0.4, 0.5) is 0 Å². The largest absolute Gasteiger partial charge is 0.744 e. The van der Waals surface area contributed by atoms with E-state index in [0.29, 0.717) is 0 Å². The highest BCUT2D eigenvalue weighted by Gasteiger charge is 2.27. The van der Waals surface area contributed by atoms with Crippen molar-refractivity contribution in [1.82, 2.24) is 0 Å². The van der Waals surface area contributed by atoms with Gasteiger partial charge >= 0.3 is 0 Å². The first kappa shape index (κ1) is 19.6. The van der Waals surface area contributed by atoms with Crippen LogP contribution in [0.3, 0.4) is 0 Å². The summed E-state index contributed by atoms with van der Waals surface area (Å²) in [6.07, 6.45) is 5.82. The van der Waals surface area contributed by atoms with Gasteiger partial charge in [0.1, 0.15) is 10.1 Å². The van der Waals surface area contributed by atoms with E-state index in [-0.39, 0.29) is 4.90 Å². The monoisotopic (exact) mass is 318 g/mol. The molecular weight excluding hydrogens is 291 g/mol. The number of benzene rings is 1. The molecule has 0 amide bonds. The Hall–Kier alpha value is -0.440. The predicted octanol–water partition coefficient (Wildman–Crippen LogP) is 3.98. The highest BCUT2D eigenvalue weighted by Crippen LogP contribution is 2.57. The van der Waals surface area contributed by atoms with Gasteiger partial charge in [0, 0.05) is 7.26 Å². The molecule has 0 atom stereocenters. The Bertz CT molecular complexity index is 459. The molecule has 1 aromatic rings. The smallest absolute Gasteiger partial charge is 0.124 e. The molecule has 0 aliphatic heterocycles. The van der Waals surface area contributed by atoms with Gasteiger partial charge in [-0.1, -0.05) is 17.7 Å². The van der Waals surface area contributed by atoms with E-state index < -0.39 is 17.4 Å². The Kier molecular flexibility index (Phi) is 8.57. The SMILES string of the molecule is CC[P+](CC)(CC)CC.Cc1ccc(S(=O)(=O)[O-])cc1. The van der Waals surface area contributed by atoms with Crippen LogP contribution in [0.5, 0.6) is 0 Å². The summed E-state index contributed by atoms with van der Waals surface area (Å²) in [4.78, 5) is -0.178. The maximum atomic E-state index is 10.4. The fraction of sp³-hybridized carbons (Fsp3) is 0.600. The molecule has 1 rings (SSSR count). The molecule has 0 radical (unpaired) electrons. The van der Waals surface area contributed by atoms with E-state index in [1.54, 1.807) is 12.1 Å². The van der Waals surface area contributed by atoms with E-state index in [0.717, 1.165) is 5.56 Å². The van der Waals surface area contributed by atoms with Crippen molar-refractivity contribution >= 4 is 17.4 Å². The summed E-state index contributed by atoms with van der Waals surface area (Å²) in [7, 11) is -4.69. The Morgan fingerprint density at radius 1 is 0.900 bits per heavy atom. The second-order valence-corrected chi connectivity index (χ2v) is 11.5. The van der Waals surface area contributed by atoms with Gasteiger partial charge in [-0.2, -0.15) is 0 Å². The minimum atomic E-state index is -4.27. The normalized spacial score (nSPS) is 11.7. The molecule has 3 nitrogen and oxygen atoms in total. The summed E-state index contributed by atoms with van der Waals surface area (Å²) in [5, 5.41) is 0. The summed E-state index contributed by atoms with van der Waals surface area (Å²) < 4.78 is 31.2. The van der Waals surface area contributed by atoms with Crippen molar-refractivity contribution in [3.63, 3.8) is 0 Å². The zero-order valence-corrected chi connectivity index (χ0v) is 14.9. The van der Waals surface area contributed by atoms with Crippen molar-refractivity contribution in [2.75, 3.05) is 24.6 Å². The van der Waals surface area contributed by atoms with Gasteiger partial charge in [-0.3, -0.25) is 0 Å². The first-order valence-corrected chi connectivity index (χ1v) is 11.1. The number of aryl methyl sites for hydroxylation is 1. The molecule has 0 saturated carbocycles. The van der Waals surface area contributed by atoms with Gasteiger partial charge in [0.05, 0.1) is 29.5 Å². The minimum absolute atomic E-state index is 0.178. The molecule has 0 aliphatic rings. The quantitative estimate of drug-likeness (QED) is 0.609. The Balaban J connectivity index is 0.000000370. The van der Waals surface area contributed by atoms with Crippen LogP contribution in [-0.4, -0.2) is 37.6 Å². The summed E-state index contributed by atoms with van der Waals surface area (Å²) in [5.41, 5.74) is 0.928. The first-order chi connectivity index (χ1) is 9.24. The average Bonchev–Trinajstić information content (AvgIpc) is 2.42. The number of rotatable bonds is 5. The van der Waals surface area contributed by atoms with Crippen LogP contribution < -0.4 is 0 Å². The number of hydrogen-bond acceptors (Lipinski definition) is 3. The highest BCUT2D eigenvalue weighted by atomic mass is 32.2. The van der Waals surface area contributed by atoms with E-state index in [9.17, 15) is 13.0 Å². The van der Waals surface area contributed by atoms with Crippen molar-refractivity contribution in [1.29, 1.82) is 0 Å². The molecule has 20 heavy (non-hydrogen) atoms. The Labute approximate surface area is 124 Å². The van der Waals surface area contributed by atoms with Crippen LogP contribution in [0.25, 0.3) is 0 Å². The Morgan fingerprint density at radius 2 is 1.25 bits per heavy atom. The topological polar surface area (TPSA) is 57.2 Å². The van der Waals surface area contributed by atoms with Crippen LogP contribution in [0.15, 0.2) is 29.2 Å². The van der Waals surface area contributed by atoms with E-state index in [1.165, 1.54) is 36.8 Å². The molecular formula is C15H27O3PS. The second kappa shape index (κ2) is 8.76. The maximum absolute atomic E-state index is 10.4. The Morgan fingerprint density at radius 3 is 1.45 bits per heavy atom. The van der Waals surface area contributed by atoms with E-state index in [2.05, 4.69) is 27.7 Å². The van der Waals surface area contributed by atoms with Crippen LogP contribution in [-0.2, 0) is 10.1 Å². The van der Waals surface area contributed by atoms with Crippen LogP contribution in [0.1, 0.15) is 33.3 Å². The van der Waals surface area contributed by atoms with Crippen molar-refractivity contribution in [3.05, 3.63) is 29.8 Å². The summed E-state index contributed by atoms with van der Waals surface area (Å²) in [5.74, 6) is 0. The molecule has 0 heterocycles. The minimum Gasteiger partial charge on any atom is -0.744 e. The van der Waals surface area contributed by atoms with Crippen molar-refractivity contribution in [2.24, 2.45) is 0 Å². The van der Waals surface area contributed by atoms with Crippen molar-refractivity contribution < 1.29 is 13.0 Å². The zero-order chi connectivity index (χ0) is 15.8. The fourth-order valence-corrected chi connectivity index (χ4v) is 5.20. The van der Waals surface area contributed by atoms with Gasteiger partial charge < -0.3 is 4.55 Å². The molecule has 0 N–H and O–H groups in total. The molecule has 0 spiro atoms. The lowest BCUT2D eigenvalue weighted by Gasteiger charge is -2.20. The first-order valence-electron chi connectivity index (χ1n) is 7.12. The highest BCUT2D eigenvalue weighted by molar-refractivity contribution is 7.85. The fourth-order valence-electron chi connectivity index (χ4n) is 2.05. The zero-order valence-electron chi connectivity index (χ0n) is 13.2. The summed E-state index contributed by atoms with van der Waals surface area (Å²) in [6, 6.07) is 5.78. The van der Waals surface area contributed by atoms with Crippen LogP contribution >= 0.6 is 7.26 Å². The lowest BCUT2D eigenvalue weighted by atomic mass is 10.2. The van der Waals surface area contributed by atoms with Gasteiger partial charge in [-0.15, -0.1) is 0 Å². The lowest BCUT2D eigenvalue weighted by molar-refractivity contribution is 0.463. The standard InChI is InChI=1S/C8H20P.C7H8O3S/c1-5-9(6-2,7-3)8-4;1-6-2-4-7(5-3-6)11(8,9)10/h5-8H2,1-4H3;2-5H,1H3,(H,8,9,10)/q+1;/p-1. The van der Waals surface area contributed by atoms with Gasteiger partial charge in [0.2, 0.25) is 0 Å². The number of hydrogen-bond donors (Lipinski definition) is 0. The summed E-state index contributed by atoms with van der Waals surface area (Å²) >= 11 is 0. The molecule has 0 aliphatic carbocycles. The third-order valence-electron chi connectivity index (χ3n) is 3.99. The third kappa shape index (κ3) is 6.34. The van der Waals surface area contributed by atoms with E-state index in [1.807, 2.05) is 6.92 Å². The molecule has 0 saturated heterocycles. The van der Waals surface area contributed by atoms with E-state index >= 15 is 0 Å². The molecule has 5 heteroatoms. The average molecular weight is 318 g/mol. The molecule has 1 aromatic carbocycles. The van der Waals surface area contributed by atoms with Gasteiger partial charge in [-0.05, 0) is 46.8 Å². The van der Waals surface area contributed by atoms with Gasteiger partial charge in [0.15, 0.2) is 0 Å². The van der Waals surface area contributed by atoms with Crippen LogP contribution in [0.2, 0.25) is 0 Å². The molecule has 0 bridgehead atoms.